The number of nitrogens with zero attached hydrogens (tertiary/aromatic N) is 1. The summed E-state index contributed by atoms with van der Waals surface area (Å²) in [7, 11) is 1.02. The van der Waals surface area contributed by atoms with Gasteiger partial charge in [-0.15, -0.1) is 0 Å². The molecular formula is C11H17F3N2O5. The molecule has 0 aromatic rings. The Morgan fingerprint density at radius 3 is 2.29 bits per heavy atom. The van der Waals surface area contributed by atoms with Gasteiger partial charge in [-0.25, -0.2) is 9.59 Å². The lowest BCUT2D eigenvalue weighted by molar-refractivity contribution is -0.148. The minimum absolute atomic E-state index is 0.199. The third-order valence-corrected chi connectivity index (χ3v) is 2.35. The van der Waals surface area contributed by atoms with Gasteiger partial charge in [-0.2, -0.15) is 13.2 Å². The molecule has 0 aliphatic rings. The molecule has 0 aromatic heterocycles. The van der Waals surface area contributed by atoms with Gasteiger partial charge < -0.3 is 20.1 Å². The van der Waals surface area contributed by atoms with Crippen molar-refractivity contribution in [3.63, 3.8) is 0 Å². The first-order chi connectivity index (χ1) is 9.60. The summed E-state index contributed by atoms with van der Waals surface area (Å²) in [6, 6.07) is -2.86. The number of alkyl halides is 3. The van der Waals surface area contributed by atoms with Gasteiger partial charge >= 0.3 is 24.1 Å². The van der Waals surface area contributed by atoms with Crippen LogP contribution in [0.3, 0.4) is 0 Å². The highest BCUT2D eigenvalue weighted by atomic mass is 19.4. The van der Waals surface area contributed by atoms with Crippen LogP contribution in [0.25, 0.3) is 0 Å². The van der Waals surface area contributed by atoms with Gasteiger partial charge in [-0.1, -0.05) is 6.92 Å². The molecule has 7 nitrogen and oxygen atoms in total. The number of ether oxygens (including phenoxy) is 1. The van der Waals surface area contributed by atoms with E-state index in [0.717, 1.165) is 7.11 Å². The maximum Gasteiger partial charge on any atom is 0.406 e. The van der Waals surface area contributed by atoms with E-state index < -0.39 is 43.2 Å². The molecule has 0 radical (unpaired) electrons. The van der Waals surface area contributed by atoms with Crippen molar-refractivity contribution in [2.24, 2.45) is 0 Å². The van der Waals surface area contributed by atoms with Crippen LogP contribution in [0.1, 0.15) is 19.8 Å². The van der Waals surface area contributed by atoms with Crippen molar-refractivity contribution < 1.29 is 37.4 Å². The Hall–Kier alpha value is -2.00. The van der Waals surface area contributed by atoms with Gasteiger partial charge in [0.15, 0.2) is 0 Å². The summed E-state index contributed by atoms with van der Waals surface area (Å²) in [4.78, 5) is 34.0. The maximum absolute atomic E-state index is 12.3. The molecule has 0 spiro atoms. The molecule has 0 saturated heterocycles. The second-order valence-electron chi connectivity index (χ2n) is 4.16. The first-order valence-corrected chi connectivity index (χ1v) is 6.02. The molecule has 21 heavy (non-hydrogen) atoms. The first-order valence-electron chi connectivity index (χ1n) is 6.02. The second kappa shape index (κ2) is 8.32. The number of aliphatic carboxylic acids is 1. The van der Waals surface area contributed by atoms with Crippen LogP contribution in [0.2, 0.25) is 0 Å². The summed E-state index contributed by atoms with van der Waals surface area (Å²) in [5.41, 5.74) is 0. The van der Waals surface area contributed by atoms with Crippen LogP contribution in [0.5, 0.6) is 0 Å². The third-order valence-electron chi connectivity index (χ3n) is 2.35. The number of esters is 1. The van der Waals surface area contributed by atoms with Gasteiger partial charge in [-0.3, -0.25) is 4.79 Å². The van der Waals surface area contributed by atoms with E-state index in [1.807, 2.05) is 5.32 Å². The number of hydrogen-bond acceptors (Lipinski definition) is 4. The largest absolute Gasteiger partial charge is 0.480 e. The molecule has 122 valence electrons. The van der Waals surface area contributed by atoms with Crippen molar-refractivity contribution in [2.45, 2.75) is 32.0 Å². The Balaban J connectivity index is 4.82. The van der Waals surface area contributed by atoms with E-state index in [0.29, 0.717) is 4.90 Å². The first kappa shape index (κ1) is 19.0. The molecule has 0 saturated carbocycles. The predicted octanol–water partition coefficient (Wildman–Crippen LogP) is 0.987. The minimum Gasteiger partial charge on any atom is -0.480 e. The topological polar surface area (TPSA) is 95.9 Å². The third kappa shape index (κ3) is 8.00. The van der Waals surface area contributed by atoms with Crippen LogP contribution < -0.4 is 5.32 Å². The van der Waals surface area contributed by atoms with Crippen molar-refractivity contribution in [3.8, 4) is 0 Å². The fourth-order valence-corrected chi connectivity index (χ4v) is 1.43. The monoisotopic (exact) mass is 314 g/mol. The Morgan fingerprint density at radius 1 is 1.33 bits per heavy atom. The number of hydrogen-bond donors (Lipinski definition) is 2. The average molecular weight is 314 g/mol. The molecule has 0 aliphatic carbocycles. The summed E-state index contributed by atoms with van der Waals surface area (Å²) < 4.78 is 41.3. The number of urea groups is 1. The maximum atomic E-state index is 12.3. The molecule has 0 rings (SSSR count). The SMILES string of the molecule is CCCN(CC(F)(F)F)C(=O)N[C@@H](CC(=O)OC)C(=O)O. The molecule has 0 aromatic carbocycles. The molecule has 1 atom stereocenters. The number of carbonyl (C=O) groups excluding carboxylic acids is 2. The van der Waals surface area contributed by atoms with Gasteiger partial charge in [-0.05, 0) is 6.42 Å². The van der Waals surface area contributed by atoms with Gasteiger partial charge in [0.1, 0.15) is 12.6 Å². The molecule has 0 heterocycles. The summed E-state index contributed by atoms with van der Waals surface area (Å²) in [6.45, 7) is -0.132. The zero-order valence-electron chi connectivity index (χ0n) is 11.6. The standard InChI is InChI=1S/C11H17F3N2O5/c1-3-4-16(6-11(12,13)14)10(20)15-7(9(18)19)5-8(17)21-2/h7H,3-6H2,1-2H3,(H,15,20)(H,18,19)/t7-/m0/s1. The fraction of sp³-hybridized carbons (Fsp3) is 0.727. The number of nitrogens with one attached hydrogen (secondary N) is 1. The molecule has 0 unspecified atom stereocenters. The van der Waals surface area contributed by atoms with E-state index in [1.165, 1.54) is 0 Å². The Kier molecular flexibility index (Phi) is 7.53. The molecule has 0 fully saturated rings. The molecule has 0 aliphatic heterocycles. The average Bonchev–Trinajstić information content (AvgIpc) is 2.35. The zero-order chi connectivity index (χ0) is 16.6. The van der Waals surface area contributed by atoms with Crippen molar-refractivity contribution in [1.82, 2.24) is 10.2 Å². The van der Waals surface area contributed by atoms with Gasteiger partial charge in [0.2, 0.25) is 0 Å². The number of methoxy groups -OCH3 is 1. The van der Waals surface area contributed by atoms with E-state index in [9.17, 15) is 27.6 Å². The fourth-order valence-electron chi connectivity index (χ4n) is 1.43. The van der Waals surface area contributed by atoms with Crippen LogP contribution in [0.4, 0.5) is 18.0 Å². The lowest BCUT2D eigenvalue weighted by Gasteiger charge is -2.25. The van der Waals surface area contributed by atoms with Crippen LogP contribution >= 0.6 is 0 Å². The number of carboxylic acid groups (broad SMARTS) is 1. The van der Waals surface area contributed by atoms with Crippen LogP contribution in [0, 0.1) is 0 Å². The Labute approximate surface area is 119 Å². The van der Waals surface area contributed by atoms with Gasteiger partial charge in [0.25, 0.3) is 0 Å². The number of carboxylic acids is 1. The summed E-state index contributed by atoms with van der Waals surface area (Å²) in [5, 5.41) is 10.7. The molecule has 2 N–H and O–H groups in total. The Bertz CT molecular complexity index is 387. The highest BCUT2D eigenvalue weighted by Crippen LogP contribution is 2.16. The van der Waals surface area contributed by atoms with Crippen molar-refractivity contribution in [2.75, 3.05) is 20.2 Å². The highest BCUT2D eigenvalue weighted by molar-refractivity contribution is 5.86. The predicted molar refractivity (Wildman–Crippen MR) is 64.5 cm³/mol. The lowest BCUT2D eigenvalue weighted by atomic mass is 10.2. The number of amides is 2. The highest BCUT2D eigenvalue weighted by Gasteiger charge is 2.34. The molecule has 10 heteroatoms. The second-order valence-corrected chi connectivity index (χ2v) is 4.16. The van der Waals surface area contributed by atoms with E-state index in [1.54, 1.807) is 6.92 Å². The number of halogens is 3. The Morgan fingerprint density at radius 2 is 1.90 bits per heavy atom. The quantitative estimate of drug-likeness (QED) is 0.683. The van der Waals surface area contributed by atoms with Crippen LogP contribution in [0.15, 0.2) is 0 Å². The van der Waals surface area contributed by atoms with Gasteiger partial charge in [0, 0.05) is 6.54 Å². The van der Waals surface area contributed by atoms with E-state index in [-0.39, 0.29) is 13.0 Å². The van der Waals surface area contributed by atoms with E-state index in [2.05, 4.69) is 4.74 Å². The summed E-state index contributed by atoms with van der Waals surface area (Å²) in [5.74, 6) is -2.45. The zero-order valence-corrected chi connectivity index (χ0v) is 11.6. The minimum atomic E-state index is -4.60. The van der Waals surface area contributed by atoms with Gasteiger partial charge in [0.05, 0.1) is 13.5 Å². The molecular weight excluding hydrogens is 297 g/mol. The van der Waals surface area contributed by atoms with Crippen LogP contribution in [-0.4, -0.2) is 60.4 Å². The summed E-state index contributed by atoms with van der Waals surface area (Å²) in [6.07, 6.45) is -5.02. The van der Waals surface area contributed by atoms with Crippen LogP contribution in [-0.2, 0) is 14.3 Å². The van der Waals surface area contributed by atoms with Crippen molar-refractivity contribution in [3.05, 3.63) is 0 Å². The van der Waals surface area contributed by atoms with E-state index >= 15 is 0 Å². The molecule has 0 bridgehead atoms. The van der Waals surface area contributed by atoms with E-state index in [4.69, 9.17) is 5.11 Å². The molecule has 2 amide bonds. The van der Waals surface area contributed by atoms with Crippen molar-refractivity contribution in [1.29, 1.82) is 0 Å². The smallest absolute Gasteiger partial charge is 0.406 e. The number of carbonyl (C=O) groups is 3. The normalized spacial score (nSPS) is 12.4. The van der Waals surface area contributed by atoms with Crippen molar-refractivity contribution >= 4 is 18.0 Å². The number of rotatable bonds is 7. The lowest BCUT2D eigenvalue weighted by Crippen LogP contribution is -2.51. The summed E-state index contributed by atoms with van der Waals surface area (Å²) >= 11 is 0.